The summed E-state index contributed by atoms with van der Waals surface area (Å²) in [5.41, 5.74) is 3.71. The van der Waals surface area contributed by atoms with Gasteiger partial charge in [-0.1, -0.05) is 55.5 Å². The average Bonchev–Trinajstić information content (AvgIpc) is 2.81. The number of allylic oxidation sites excluding steroid dienone is 1. The number of carbonyl (C=O) groups excluding carboxylic acids is 2. The zero-order valence-electron chi connectivity index (χ0n) is 18.7. The summed E-state index contributed by atoms with van der Waals surface area (Å²) in [4.78, 5) is 31.2. The smallest absolute Gasteiger partial charge is 0.336 e. The Kier molecular flexibility index (Phi) is 6.84. The molecule has 0 saturated heterocycles. The number of ketones is 1. The van der Waals surface area contributed by atoms with Crippen LogP contribution in [0.5, 0.6) is 5.75 Å². The van der Waals surface area contributed by atoms with Crippen LogP contribution in [0.2, 0.25) is 0 Å². The summed E-state index contributed by atoms with van der Waals surface area (Å²) in [7, 11) is 0. The Hall–Kier alpha value is -3.21. The van der Waals surface area contributed by atoms with E-state index in [1.807, 2.05) is 61.5 Å². The highest BCUT2D eigenvalue weighted by atomic mass is 16.5. The first-order valence-electron chi connectivity index (χ1n) is 11.3. The van der Waals surface area contributed by atoms with E-state index in [-0.39, 0.29) is 12.4 Å². The molecule has 1 aliphatic heterocycles. The number of fused-ring (bicyclic) bond motifs is 1. The van der Waals surface area contributed by atoms with Crippen molar-refractivity contribution in [1.82, 2.24) is 0 Å². The van der Waals surface area contributed by atoms with Gasteiger partial charge in [0.1, 0.15) is 18.1 Å². The van der Waals surface area contributed by atoms with Gasteiger partial charge in [-0.25, -0.2) is 4.79 Å². The van der Waals surface area contributed by atoms with Crippen molar-refractivity contribution in [2.24, 2.45) is 10.9 Å². The fourth-order valence-electron chi connectivity index (χ4n) is 4.60. The van der Waals surface area contributed by atoms with E-state index in [0.29, 0.717) is 30.0 Å². The zero-order valence-corrected chi connectivity index (χ0v) is 18.7. The summed E-state index contributed by atoms with van der Waals surface area (Å²) in [6.45, 7) is 4.63. The Morgan fingerprint density at radius 1 is 1.03 bits per heavy atom. The lowest BCUT2D eigenvalue weighted by molar-refractivity contribution is -0.140. The lowest BCUT2D eigenvalue weighted by atomic mass is 9.69. The summed E-state index contributed by atoms with van der Waals surface area (Å²) >= 11 is 0. The van der Waals surface area contributed by atoms with Crippen molar-refractivity contribution in [1.29, 1.82) is 0 Å². The van der Waals surface area contributed by atoms with E-state index in [1.165, 1.54) is 0 Å². The van der Waals surface area contributed by atoms with Crippen LogP contribution in [0, 0.1) is 5.92 Å². The van der Waals surface area contributed by atoms with E-state index in [9.17, 15) is 9.59 Å². The van der Waals surface area contributed by atoms with Gasteiger partial charge in [-0.2, -0.15) is 0 Å². The summed E-state index contributed by atoms with van der Waals surface area (Å²) in [5.74, 6) is -0.487. The molecular weight excluding hydrogens is 402 g/mol. The van der Waals surface area contributed by atoms with Crippen LogP contribution in [0.25, 0.3) is 0 Å². The lowest BCUT2D eigenvalue weighted by Gasteiger charge is -2.36. The second-order valence-corrected chi connectivity index (χ2v) is 8.33. The number of aliphatic imine (C=N–C) groups is 1. The standard InChI is InChI=1S/C27H29NO4/c1-3-16-31-23-15-8-7-12-20(23)25-24(27(30)32-17-19-10-5-4-6-11-19)18(2)28-21-13-9-14-22(29)26(21)25/h4-8,10-12,15,25-26H,3,9,13-14,16-17H2,1-2H3/t25-,26?/m1/s1. The molecule has 1 heterocycles. The minimum Gasteiger partial charge on any atom is -0.493 e. The predicted molar refractivity (Wildman–Crippen MR) is 124 cm³/mol. The maximum absolute atomic E-state index is 13.4. The number of ether oxygens (including phenoxy) is 2. The van der Waals surface area contributed by atoms with Crippen LogP contribution >= 0.6 is 0 Å². The molecule has 0 radical (unpaired) electrons. The molecule has 0 bridgehead atoms. The van der Waals surface area contributed by atoms with E-state index in [0.717, 1.165) is 36.1 Å². The quantitative estimate of drug-likeness (QED) is 0.551. The second kappa shape index (κ2) is 9.94. The lowest BCUT2D eigenvalue weighted by Crippen LogP contribution is -2.39. The predicted octanol–water partition coefficient (Wildman–Crippen LogP) is 5.40. The van der Waals surface area contributed by atoms with E-state index >= 15 is 0 Å². The van der Waals surface area contributed by atoms with Crippen molar-refractivity contribution in [3.05, 3.63) is 77.0 Å². The molecule has 2 aromatic carbocycles. The highest BCUT2D eigenvalue weighted by Crippen LogP contribution is 2.45. The minimum atomic E-state index is -0.452. The number of rotatable bonds is 7. The van der Waals surface area contributed by atoms with Crippen molar-refractivity contribution >= 4 is 17.5 Å². The van der Waals surface area contributed by atoms with Gasteiger partial charge < -0.3 is 9.47 Å². The van der Waals surface area contributed by atoms with Gasteiger partial charge >= 0.3 is 5.97 Å². The van der Waals surface area contributed by atoms with Gasteiger partial charge in [-0.3, -0.25) is 9.79 Å². The van der Waals surface area contributed by atoms with Gasteiger partial charge in [0.15, 0.2) is 0 Å². The molecule has 0 aromatic heterocycles. The molecule has 4 rings (SSSR count). The number of Topliss-reactive ketones (excluding diaryl/α,β-unsaturated/α-hetero) is 1. The fraction of sp³-hybridized carbons (Fsp3) is 0.370. The van der Waals surface area contributed by atoms with Gasteiger partial charge in [-0.15, -0.1) is 0 Å². The van der Waals surface area contributed by atoms with E-state index in [1.54, 1.807) is 0 Å². The van der Waals surface area contributed by atoms with E-state index in [4.69, 9.17) is 14.5 Å². The van der Waals surface area contributed by atoms with Crippen LogP contribution in [0.3, 0.4) is 0 Å². The third-order valence-corrected chi connectivity index (χ3v) is 6.06. The van der Waals surface area contributed by atoms with Crippen LogP contribution in [0.4, 0.5) is 0 Å². The number of esters is 1. The molecule has 1 fully saturated rings. The van der Waals surface area contributed by atoms with Gasteiger partial charge in [0, 0.05) is 29.3 Å². The van der Waals surface area contributed by atoms with Crippen LogP contribution < -0.4 is 4.74 Å². The molecule has 0 spiro atoms. The molecule has 1 unspecified atom stereocenters. The van der Waals surface area contributed by atoms with Crippen LogP contribution in [0.1, 0.15) is 56.6 Å². The number of benzene rings is 2. The Morgan fingerprint density at radius 2 is 1.78 bits per heavy atom. The first kappa shape index (κ1) is 22.0. The number of nitrogens with zero attached hydrogens (tertiary/aromatic N) is 1. The second-order valence-electron chi connectivity index (χ2n) is 8.33. The maximum atomic E-state index is 13.4. The molecule has 2 atom stereocenters. The summed E-state index contributed by atoms with van der Waals surface area (Å²) < 4.78 is 11.7. The molecule has 32 heavy (non-hydrogen) atoms. The molecule has 5 nitrogen and oxygen atoms in total. The highest BCUT2D eigenvalue weighted by Gasteiger charge is 2.44. The van der Waals surface area contributed by atoms with Crippen LogP contribution in [0.15, 0.2) is 70.9 Å². The summed E-state index contributed by atoms with van der Waals surface area (Å²) in [5, 5.41) is 0. The molecular formula is C27H29NO4. The molecule has 1 saturated carbocycles. The normalized spacial score (nSPS) is 20.4. The van der Waals surface area contributed by atoms with Crippen molar-refractivity contribution in [3.63, 3.8) is 0 Å². The van der Waals surface area contributed by atoms with E-state index < -0.39 is 17.8 Å². The number of hydrogen-bond donors (Lipinski definition) is 0. The fourth-order valence-corrected chi connectivity index (χ4v) is 4.60. The van der Waals surface area contributed by atoms with Gasteiger partial charge in [0.2, 0.25) is 0 Å². The summed E-state index contributed by atoms with van der Waals surface area (Å²) in [6.07, 6.45) is 2.95. The molecule has 2 aromatic rings. The van der Waals surface area contributed by atoms with Gasteiger partial charge in [0.25, 0.3) is 0 Å². The third-order valence-electron chi connectivity index (χ3n) is 6.06. The van der Waals surface area contributed by atoms with Crippen molar-refractivity contribution in [2.75, 3.05) is 6.61 Å². The topological polar surface area (TPSA) is 65.0 Å². The molecule has 2 aliphatic rings. The highest BCUT2D eigenvalue weighted by molar-refractivity contribution is 6.11. The largest absolute Gasteiger partial charge is 0.493 e. The molecule has 0 N–H and O–H groups in total. The Bertz CT molecular complexity index is 1050. The Labute approximate surface area is 189 Å². The minimum absolute atomic E-state index is 0.131. The van der Waals surface area contributed by atoms with Crippen LogP contribution in [-0.2, 0) is 20.9 Å². The molecule has 166 valence electrons. The SMILES string of the molecule is CCCOc1ccccc1[C@@H]1C(C(=O)OCc2ccccc2)=C(C)N=C2CCCC(=O)C21. The van der Waals surface area contributed by atoms with Gasteiger partial charge in [-0.05, 0) is 37.8 Å². The summed E-state index contributed by atoms with van der Waals surface area (Å²) in [6, 6.07) is 17.3. The van der Waals surface area contributed by atoms with Crippen molar-refractivity contribution < 1.29 is 19.1 Å². The number of hydrogen-bond acceptors (Lipinski definition) is 5. The Morgan fingerprint density at radius 3 is 2.56 bits per heavy atom. The molecule has 1 aliphatic carbocycles. The number of para-hydroxylation sites is 1. The average molecular weight is 432 g/mol. The number of carbonyl (C=O) groups is 2. The van der Waals surface area contributed by atoms with E-state index in [2.05, 4.69) is 6.92 Å². The third kappa shape index (κ3) is 4.52. The van der Waals surface area contributed by atoms with Crippen LogP contribution in [-0.4, -0.2) is 24.1 Å². The molecule has 0 amide bonds. The first-order valence-corrected chi connectivity index (χ1v) is 11.3. The zero-order chi connectivity index (χ0) is 22.5. The molecule has 5 heteroatoms. The van der Waals surface area contributed by atoms with Gasteiger partial charge in [0.05, 0.1) is 18.1 Å². The Balaban J connectivity index is 1.74. The van der Waals surface area contributed by atoms with Crippen molar-refractivity contribution in [3.8, 4) is 5.75 Å². The first-order chi connectivity index (χ1) is 15.6. The van der Waals surface area contributed by atoms with Crippen molar-refractivity contribution in [2.45, 2.75) is 52.1 Å². The monoisotopic (exact) mass is 431 g/mol. The maximum Gasteiger partial charge on any atom is 0.336 e.